The molecule has 0 spiro atoms. The molecule has 54 valence electrons. The first kappa shape index (κ1) is 7.19. The highest BCUT2D eigenvalue weighted by atomic mass is 14.8. The van der Waals surface area contributed by atoms with Crippen molar-refractivity contribution >= 4 is 0 Å². The fourth-order valence-electron chi connectivity index (χ4n) is 0.919. The zero-order chi connectivity index (χ0) is 7.40. The third kappa shape index (κ3) is 1.53. The molecule has 0 aliphatic rings. The fourth-order valence-corrected chi connectivity index (χ4v) is 0.919. The highest BCUT2D eigenvalue weighted by molar-refractivity contribution is 5.07. The molecule has 0 aliphatic heterocycles. The minimum atomic E-state index is 1.04. The Hall–Kier alpha value is -0.920. The van der Waals surface area contributed by atoms with Crippen molar-refractivity contribution in [2.24, 2.45) is 0 Å². The predicted octanol–water partition coefficient (Wildman–Crippen LogP) is 1.74. The number of aromatic nitrogens is 2. The zero-order valence-electron chi connectivity index (χ0n) is 6.46. The Morgan fingerprint density at radius 1 is 1.30 bits per heavy atom. The quantitative estimate of drug-likeness (QED) is 0.618. The molecule has 1 aromatic rings. The lowest BCUT2D eigenvalue weighted by atomic mass is 10.2. The van der Waals surface area contributed by atoms with Crippen LogP contribution in [0, 0.1) is 6.92 Å². The minimum Gasteiger partial charge on any atom is -0.258 e. The van der Waals surface area contributed by atoms with E-state index in [4.69, 9.17) is 0 Å². The van der Waals surface area contributed by atoms with Crippen LogP contribution in [0.25, 0.3) is 0 Å². The van der Waals surface area contributed by atoms with Gasteiger partial charge in [-0.1, -0.05) is 13.3 Å². The Morgan fingerprint density at radius 2 is 2.00 bits per heavy atom. The van der Waals surface area contributed by atoms with E-state index in [1.165, 1.54) is 0 Å². The van der Waals surface area contributed by atoms with Crippen LogP contribution in [-0.2, 0) is 6.42 Å². The number of hydrogen-bond acceptors (Lipinski definition) is 2. The van der Waals surface area contributed by atoms with Gasteiger partial charge in [-0.25, -0.2) is 0 Å². The number of hydrogen-bond donors (Lipinski definition) is 0. The molecule has 1 aromatic heterocycles. The van der Waals surface area contributed by atoms with Crippen LogP contribution >= 0.6 is 0 Å². The SMILES string of the molecule is CCCc1nccnc1C. The maximum Gasteiger partial charge on any atom is 0.0615 e. The summed E-state index contributed by atoms with van der Waals surface area (Å²) in [6.07, 6.45) is 5.66. The summed E-state index contributed by atoms with van der Waals surface area (Å²) in [5.41, 5.74) is 2.19. The van der Waals surface area contributed by atoms with Gasteiger partial charge in [0.2, 0.25) is 0 Å². The second-order valence-electron chi connectivity index (χ2n) is 2.34. The van der Waals surface area contributed by atoms with E-state index in [0.29, 0.717) is 0 Å². The molecule has 0 fully saturated rings. The van der Waals surface area contributed by atoms with Crippen LogP contribution in [0.1, 0.15) is 24.7 Å². The van der Waals surface area contributed by atoms with E-state index in [1.54, 1.807) is 12.4 Å². The molecule has 0 saturated carbocycles. The second-order valence-corrected chi connectivity index (χ2v) is 2.34. The summed E-state index contributed by atoms with van der Waals surface area (Å²) in [4.78, 5) is 8.34. The maximum atomic E-state index is 4.21. The van der Waals surface area contributed by atoms with E-state index in [1.807, 2.05) is 6.92 Å². The van der Waals surface area contributed by atoms with Crippen molar-refractivity contribution < 1.29 is 0 Å². The molecule has 0 N–H and O–H groups in total. The first-order chi connectivity index (χ1) is 4.84. The first-order valence-electron chi connectivity index (χ1n) is 3.61. The third-order valence-electron chi connectivity index (χ3n) is 1.47. The first-order valence-corrected chi connectivity index (χ1v) is 3.61. The van der Waals surface area contributed by atoms with Gasteiger partial charge in [0.25, 0.3) is 0 Å². The highest BCUT2D eigenvalue weighted by Gasteiger charge is 1.95. The topological polar surface area (TPSA) is 25.8 Å². The van der Waals surface area contributed by atoms with Crippen LogP contribution in [-0.4, -0.2) is 9.97 Å². The van der Waals surface area contributed by atoms with Crippen molar-refractivity contribution in [3.8, 4) is 0 Å². The summed E-state index contributed by atoms with van der Waals surface area (Å²) in [5.74, 6) is 0. The van der Waals surface area contributed by atoms with Gasteiger partial charge in [-0.15, -0.1) is 0 Å². The number of nitrogens with zero attached hydrogens (tertiary/aromatic N) is 2. The van der Waals surface area contributed by atoms with Gasteiger partial charge < -0.3 is 0 Å². The molecule has 2 heteroatoms. The lowest BCUT2D eigenvalue weighted by molar-refractivity contribution is 0.852. The number of rotatable bonds is 2. The van der Waals surface area contributed by atoms with Crippen LogP contribution in [0.2, 0.25) is 0 Å². The van der Waals surface area contributed by atoms with E-state index >= 15 is 0 Å². The minimum absolute atomic E-state index is 1.04. The average molecular weight is 136 g/mol. The molecule has 0 aromatic carbocycles. The normalized spacial score (nSPS) is 9.80. The van der Waals surface area contributed by atoms with E-state index in [0.717, 1.165) is 24.2 Å². The Bertz CT molecular complexity index is 208. The van der Waals surface area contributed by atoms with Crippen LogP contribution in [0.4, 0.5) is 0 Å². The molecule has 0 atom stereocenters. The smallest absolute Gasteiger partial charge is 0.0615 e. The third-order valence-corrected chi connectivity index (χ3v) is 1.47. The van der Waals surface area contributed by atoms with E-state index in [9.17, 15) is 0 Å². The van der Waals surface area contributed by atoms with Crippen molar-refractivity contribution in [2.75, 3.05) is 0 Å². The molecule has 0 amide bonds. The molecule has 0 radical (unpaired) electrons. The molecule has 10 heavy (non-hydrogen) atoms. The zero-order valence-corrected chi connectivity index (χ0v) is 6.46. The van der Waals surface area contributed by atoms with Gasteiger partial charge in [0.15, 0.2) is 0 Å². The van der Waals surface area contributed by atoms with E-state index < -0.39 is 0 Å². The van der Waals surface area contributed by atoms with Gasteiger partial charge in [-0.05, 0) is 13.3 Å². The van der Waals surface area contributed by atoms with Crippen LogP contribution in [0.5, 0.6) is 0 Å². The van der Waals surface area contributed by atoms with Crippen LogP contribution in [0.3, 0.4) is 0 Å². The molecule has 0 bridgehead atoms. The van der Waals surface area contributed by atoms with Crippen molar-refractivity contribution in [1.82, 2.24) is 9.97 Å². The fraction of sp³-hybridized carbons (Fsp3) is 0.500. The van der Waals surface area contributed by atoms with Crippen molar-refractivity contribution in [3.63, 3.8) is 0 Å². The second kappa shape index (κ2) is 3.30. The lowest BCUT2D eigenvalue weighted by Gasteiger charge is -1.98. The Kier molecular flexibility index (Phi) is 2.37. The summed E-state index contributed by atoms with van der Waals surface area (Å²) < 4.78 is 0. The Balaban J connectivity index is 2.81. The van der Waals surface area contributed by atoms with Gasteiger partial charge in [-0.3, -0.25) is 9.97 Å². The standard InChI is InChI=1S/C8H12N2/c1-3-4-8-7(2)9-5-6-10-8/h5-6H,3-4H2,1-2H3. The van der Waals surface area contributed by atoms with Gasteiger partial charge in [0.1, 0.15) is 0 Å². The largest absolute Gasteiger partial charge is 0.258 e. The van der Waals surface area contributed by atoms with Crippen LogP contribution < -0.4 is 0 Å². The Labute approximate surface area is 61.3 Å². The molecule has 2 nitrogen and oxygen atoms in total. The lowest BCUT2D eigenvalue weighted by Crippen LogP contribution is -1.94. The van der Waals surface area contributed by atoms with Gasteiger partial charge >= 0.3 is 0 Å². The van der Waals surface area contributed by atoms with E-state index in [-0.39, 0.29) is 0 Å². The van der Waals surface area contributed by atoms with Gasteiger partial charge in [-0.2, -0.15) is 0 Å². The molecule has 0 aliphatic carbocycles. The average Bonchev–Trinajstić information content (AvgIpc) is 1.94. The van der Waals surface area contributed by atoms with Gasteiger partial charge in [0, 0.05) is 12.4 Å². The summed E-state index contributed by atoms with van der Waals surface area (Å²) in [7, 11) is 0. The monoisotopic (exact) mass is 136 g/mol. The van der Waals surface area contributed by atoms with Crippen molar-refractivity contribution in [1.29, 1.82) is 0 Å². The highest BCUT2D eigenvalue weighted by Crippen LogP contribution is 2.01. The summed E-state index contributed by atoms with van der Waals surface area (Å²) >= 11 is 0. The summed E-state index contributed by atoms with van der Waals surface area (Å²) in [6.45, 7) is 4.14. The molecular weight excluding hydrogens is 124 g/mol. The van der Waals surface area contributed by atoms with E-state index in [2.05, 4.69) is 16.9 Å². The molecular formula is C8H12N2. The molecule has 0 saturated heterocycles. The van der Waals surface area contributed by atoms with Crippen LogP contribution in [0.15, 0.2) is 12.4 Å². The van der Waals surface area contributed by atoms with Gasteiger partial charge in [0.05, 0.1) is 11.4 Å². The summed E-state index contributed by atoms with van der Waals surface area (Å²) in [6, 6.07) is 0. The molecule has 0 unspecified atom stereocenters. The predicted molar refractivity (Wildman–Crippen MR) is 40.8 cm³/mol. The molecule has 1 heterocycles. The molecule has 1 rings (SSSR count). The number of aryl methyl sites for hydroxylation is 2. The van der Waals surface area contributed by atoms with Crippen molar-refractivity contribution in [2.45, 2.75) is 26.7 Å². The Morgan fingerprint density at radius 3 is 2.60 bits per heavy atom. The summed E-state index contributed by atoms with van der Waals surface area (Å²) in [5, 5.41) is 0. The maximum absolute atomic E-state index is 4.21. The van der Waals surface area contributed by atoms with Crippen molar-refractivity contribution in [3.05, 3.63) is 23.8 Å².